The number of nitrogens with two attached hydrogens (primary N) is 2. The summed E-state index contributed by atoms with van der Waals surface area (Å²) in [7, 11) is -4.67. The summed E-state index contributed by atoms with van der Waals surface area (Å²) in [5, 5.41) is 0. The molecule has 1 aromatic carbocycles. The maximum atomic E-state index is 10.6. The molecule has 0 bridgehead atoms. The number of rotatable bonds is 1. The zero-order chi connectivity index (χ0) is 12.9. The van der Waals surface area contributed by atoms with Gasteiger partial charge in [0.2, 0.25) is 5.91 Å². The van der Waals surface area contributed by atoms with Gasteiger partial charge < -0.3 is 11.5 Å². The van der Waals surface area contributed by atoms with Gasteiger partial charge in [-0.15, -0.1) is 0 Å². The first-order valence-electron chi connectivity index (χ1n) is 3.97. The third kappa shape index (κ3) is 6.76. The van der Waals surface area contributed by atoms with Crippen molar-refractivity contribution in [3.05, 3.63) is 29.3 Å². The third-order valence-electron chi connectivity index (χ3n) is 1.56. The van der Waals surface area contributed by atoms with E-state index in [0.717, 1.165) is 5.56 Å². The van der Waals surface area contributed by atoms with Gasteiger partial charge in [0.25, 0.3) is 0 Å². The molecule has 0 spiro atoms. The molecule has 6 N–H and O–H groups in total. The Balaban J connectivity index is 0.000000385. The van der Waals surface area contributed by atoms with Crippen molar-refractivity contribution in [2.45, 2.75) is 6.92 Å². The highest BCUT2D eigenvalue weighted by molar-refractivity contribution is 7.79. The van der Waals surface area contributed by atoms with Crippen molar-refractivity contribution in [1.82, 2.24) is 0 Å². The lowest BCUT2D eigenvalue weighted by molar-refractivity contribution is 0.100. The van der Waals surface area contributed by atoms with E-state index in [0.29, 0.717) is 11.3 Å². The zero-order valence-electron chi connectivity index (χ0n) is 8.41. The van der Waals surface area contributed by atoms with E-state index in [1.165, 1.54) is 0 Å². The number of hydrogen-bond acceptors (Lipinski definition) is 4. The van der Waals surface area contributed by atoms with Crippen LogP contribution in [0.25, 0.3) is 0 Å². The lowest BCUT2D eigenvalue weighted by Gasteiger charge is -2.00. The highest BCUT2D eigenvalue weighted by Crippen LogP contribution is 2.11. The molecule has 0 heterocycles. The second-order valence-corrected chi connectivity index (χ2v) is 3.78. The molecule has 0 saturated carbocycles. The van der Waals surface area contributed by atoms with Crippen LogP contribution >= 0.6 is 0 Å². The molecule has 16 heavy (non-hydrogen) atoms. The standard InChI is InChI=1S/C8H10N2O.H2O4S/c1-5-2-3-6(8(10)11)4-7(5)9;1-5(2,3)4/h2-4H,9H2,1H3,(H2,10,11);(H2,1,2,3,4). The molecule has 1 amide bonds. The number of nitrogen functional groups attached to an aromatic ring is 1. The van der Waals surface area contributed by atoms with Gasteiger partial charge in [0.15, 0.2) is 0 Å². The van der Waals surface area contributed by atoms with E-state index in [1.807, 2.05) is 6.92 Å². The Hall–Kier alpha value is -1.64. The highest BCUT2D eigenvalue weighted by Gasteiger charge is 2.00. The molecule has 0 aromatic heterocycles. The Morgan fingerprint density at radius 3 is 2.06 bits per heavy atom. The Labute approximate surface area is 92.6 Å². The third-order valence-corrected chi connectivity index (χ3v) is 1.56. The minimum Gasteiger partial charge on any atom is -0.398 e. The topological polar surface area (TPSA) is 144 Å². The molecule has 0 aliphatic heterocycles. The summed E-state index contributed by atoms with van der Waals surface area (Å²) in [6.45, 7) is 1.88. The average Bonchev–Trinajstić information content (AvgIpc) is 2.06. The summed E-state index contributed by atoms with van der Waals surface area (Å²) >= 11 is 0. The second kappa shape index (κ2) is 5.45. The molecule has 0 saturated heterocycles. The number of hydrogen-bond donors (Lipinski definition) is 4. The van der Waals surface area contributed by atoms with E-state index in [1.54, 1.807) is 18.2 Å². The predicted molar refractivity (Wildman–Crippen MR) is 58.3 cm³/mol. The molecule has 7 nitrogen and oxygen atoms in total. The van der Waals surface area contributed by atoms with Crippen molar-refractivity contribution >= 4 is 22.0 Å². The Bertz CT molecular complexity index is 475. The van der Waals surface area contributed by atoms with Gasteiger partial charge in [0, 0.05) is 11.3 Å². The van der Waals surface area contributed by atoms with E-state index >= 15 is 0 Å². The summed E-state index contributed by atoms with van der Waals surface area (Å²) < 4.78 is 31.6. The predicted octanol–water partition coefficient (Wildman–Crippen LogP) is 0.0233. The molecule has 0 aliphatic rings. The van der Waals surface area contributed by atoms with E-state index in [9.17, 15) is 4.79 Å². The van der Waals surface area contributed by atoms with Crippen LogP contribution in [-0.2, 0) is 10.4 Å². The number of primary amides is 1. The first kappa shape index (κ1) is 14.4. The molecule has 0 atom stereocenters. The van der Waals surface area contributed by atoms with Gasteiger partial charge in [-0.05, 0) is 24.6 Å². The molecule has 0 aliphatic carbocycles. The van der Waals surface area contributed by atoms with Gasteiger partial charge >= 0.3 is 10.4 Å². The molecule has 8 heteroatoms. The lowest BCUT2D eigenvalue weighted by atomic mass is 10.1. The quantitative estimate of drug-likeness (QED) is 0.407. The molecular formula is C8H12N2O5S. The van der Waals surface area contributed by atoms with Crippen LogP contribution in [0.3, 0.4) is 0 Å². The molecule has 0 fully saturated rings. The zero-order valence-corrected chi connectivity index (χ0v) is 9.23. The largest absolute Gasteiger partial charge is 0.398 e. The van der Waals surface area contributed by atoms with Crippen molar-refractivity contribution in [3.8, 4) is 0 Å². The first-order chi connectivity index (χ1) is 7.11. The smallest absolute Gasteiger partial charge is 0.394 e. The summed E-state index contributed by atoms with van der Waals surface area (Å²) in [6.07, 6.45) is 0. The van der Waals surface area contributed by atoms with Crippen molar-refractivity contribution in [2.75, 3.05) is 5.73 Å². The van der Waals surface area contributed by atoms with E-state index in [2.05, 4.69) is 0 Å². The Morgan fingerprint density at radius 1 is 1.31 bits per heavy atom. The van der Waals surface area contributed by atoms with Gasteiger partial charge in [-0.2, -0.15) is 8.42 Å². The monoisotopic (exact) mass is 248 g/mol. The fraction of sp³-hybridized carbons (Fsp3) is 0.125. The van der Waals surface area contributed by atoms with Crippen LogP contribution in [-0.4, -0.2) is 23.4 Å². The van der Waals surface area contributed by atoms with Crippen LogP contribution in [0.15, 0.2) is 18.2 Å². The fourth-order valence-corrected chi connectivity index (χ4v) is 0.794. The number of carbonyl (C=O) groups excluding carboxylic acids is 1. The van der Waals surface area contributed by atoms with Gasteiger partial charge in [-0.3, -0.25) is 13.9 Å². The SMILES string of the molecule is Cc1ccc(C(N)=O)cc1N.O=S(=O)(O)O. The van der Waals surface area contributed by atoms with Gasteiger partial charge in [-0.25, -0.2) is 0 Å². The second-order valence-electron chi connectivity index (χ2n) is 2.88. The van der Waals surface area contributed by atoms with Crippen LogP contribution in [0, 0.1) is 6.92 Å². The summed E-state index contributed by atoms with van der Waals surface area (Å²) in [5.41, 5.74) is 12.6. The van der Waals surface area contributed by atoms with Crippen molar-refractivity contribution in [3.63, 3.8) is 0 Å². The van der Waals surface area contributed by atoms with E-state index in [4.69, 9.17) is 29.0 Å². The molecule has 0 unspecified atom stereocenters. The normalized spacial score (nSPS) is 10.2. The number of amides is 1. The Kier molecular flexibility index (Phi) is 4.89. The van der Waals surface area contributed by atoms with Crippen LogP contribution < -0.4 is 11.5 Å². The van der Waals surface area contributed by atoms with Crippen LogP contribution in [0.5, 0.6) is 0 Å². The van der Waals surface area contributed by atoms with Gasteiger partial charge in [0.1, 0.15) is 0 Å². The van der Waals surface area contributed by atoms with Crippen LogP contribution in [0.4, 0.5) is 5.69 Å². The molecule has 1 rings (SSSR count). The fourth-order valence-electron chi connectivity index (χ4n) is 0.794. The maximum Gasteiger partial charge on any atom is 0.394 e. The average molecular weight is 248 g/mol. The number of anilines is 1. The summed E-state index contributed by atoms with van der Waals surface area (Å²) in [6, 6.07) is 5.02. The minimum absolute atomic E-state index is 0.448. The van der Waals surface area contributed by atoms with Crippen molar-refractivity contribution < 1.29 is 22.3 Å². The molecule has 1 aromatic rings. The number of aryl methyl sites for hydroxylation is 1. The van der Waals surface area contributed by atoms with Crippen molar-refractivity contribution in [1.29, 1.82) is 0 Å². The van der Waals surface area contributed by atoms with E-state index in [-0.39, 0.29) is 0 Å². The van der Waals surface area contributed by atoms with Crippen LogP contribution in [0.2, 0.25) is 0 Å². The minimum atomic E-state index is -4.67. The number of benzene rings is 1. The maximum absolute atomic E-state index is 10.6. The van der Waals surface area contributed by atoms with Gasteiger partial charge in [0.05, 0.1) is 0 Å². The van der Waals surface area contributed by atoms with Gasteiger partial charge in [-0.1, -0.05) is 6.07 Å². The number of carbonyl (C=O) groups is 1. The van der Waals surface area contributed by atoms with Crippen LogP contribution in [0.1, 0.15) is 15.9 Å². The highest BCUT2D eigenvalue weighted by atomic mass is 32.3. The lowest BCUT2D eigenvalue weighted by Crippen LogP contribution is -2.11. The van der Waals surface area contributed by atoms with E-state index < -0.39 is 16.3 Å². The molecule has 90 valence electrons. The molecular weight excluding hydrogens is 236 g/mol. The summed E-state index contributed by atoms with van der Waals surface area (Å²) in [4.78, 5) is 10.6. The van der Waals surface area contributed by atoms with Crippen molar-refractivity contribution in [2.24, 2.45) is 5.73 Å². The summed E-state index contributed by atoms with van der Waals surface area (Å²) in [5.74, 6) is -0.448. The molecule has 0 radical (unpaired) electrons. The Morgan fingerprint density at radius 2 is 1.75 bits per heavy atom. The first-order valence-corrected chi connectivity index (χ1v) is 5.36.